The number of hydrogen-bond acceptors (Lipinski definition) is 3. The highest BCUT2D eigenvalue weighted by Crippen LogP contribution is 2.41. The Morgan fingerprint density at radius 2 is 1.79 bits per heavy atom. The zero-order valence-electron chi connectivity index (χ0n) is 13.2. The maximum Gasteiger partial charge on any atom is 0.508 e. The van der Waals surface area contributed by atoms with Crippen molar-refractivity contribution in [2.75, 3.05) is 0 Å². The molecule has 0 aromatic carbocycles. The van der Waals surface area contributed by atoms with Crippen molar-refractivity contribution in [1.82, 2.24) is 0 Å². The summed E-state index contributed by atoms with van der Waals surface area (Å²) in [6.45, 7) is 10.8. The van der Waals surface area contributed by atoms with E-state index in [4.69, 9.17) is 9.47 Å². The normalized spacial score (nSPS) is 25.7. The Hall–Kier alpha value is -0.730. The summed E-state index contributed by atoms with van der Waals surface area (Å²) in [5.41, 5.74) is 0.405. The van der Waals surface area contributed by atoms with Crippen molar-refractivity contribution in [3.63, 3.8) is 0 Å². The summed E-state index contributed by atoms with van der Waals surface area (Å²) >= 11 is 0. The fourth-order valence-electron chi connectivity index (χ4n) is 2.66. The van der Waals surface area contributed by atoms with Gasteiger partial charge in [0, 0.05) is 0 Å². The van der Waals surface area contributed by atoms with Gasteiger partial charge in [-0.25, -0.2) is 4.79 Å². The summed E-state index contributed by atoms with van der Waals surface area (Å²) in [7, 11) is 0. The smallest absolute Gasteiger partial charge is 0.431 e. The summed E-state index contributed by atoms with van der Waals surface area (Å²) in [6.07, 6.45) is 5.81. The predicted octanol–water partition coefficient (Wildman–Crippen LogP) is 4.93. The highest BCUT2D eigenvalue weighted by Gasteiger charge is 2.33. The average Bonchev–Trinajstić information content (AvgIpc) is 2.39. The van der Waals surface area contributed by atoms with Crippen LogP contribution in [0, 0.1) is 11.3 Å². The van der Waals surface area contributed by atoms with E-state index >= 15 is 0 Å². The molecule has 0 radical (unpaired) electrons. The first-order valence-electron chi connectivity index (χ1n) is 7.76. The number of ether oxygens (including phenoxy) is 2. The van der Waals surface area contributed by atoms with Crippen molar-refractivity contribution in [1.29, 1.82) is 0 Å². The van der Waals surface area contributed by atoms with Crippen molar-refractivity contribution in [2.45, 2.75) is 85.4 Å². The van der Waals surface area contributed by atoms with Crippen LogP contribution in [0.5, 0.6) is 0 Å². The Labute approximate surface area is 118 Å². The summed E-state index contributed by atoms with van der Waals surface area (Å²) in [4.78, 5) is 11.6. The second-order valence-corrected chi connectivity index (χ2v) is 6.52. The van der Waals surface area contributed by atoms with Crippen molar-refractivity contribution in [3.8, 4) is 0 Å². The molecule has 0 spiro atoms. The lowest BCUT2D eigenvalue weighted by atomic mass is 9.69. The molecule has 1 fully saturated rings. The molecule has 0 heterocycles. The SMILES string of the molecule is CCC(C)OC(=O)OC1CCC(C(C)(C)CC)CC1. The van der Waals surface area contributed by atoms with Gasteiger partial charge in [0.05, 0.1) is 0 Å². The van der Waals surface area contributed by atoms with Crippen LogP contribution in [-0.2, 0) is 9.47 Å². The van der Waals surface area contributed by atoms with Crippen LogP contribution in [0.3, 0.4) is 0 Å². The summed E-state index contributed by atoms with van der Waals surface area (Å²) in [5, 5.41) is 0. The molecule has 0 bridgehead atoms. The van der Waals surface area contributed by atoms with Gasteiger partial charge < -0.3 is 9.47 Å². The topological polar surface area (TPSA) is 35.5 Å². The van der Waals surface area contributed by atoms with Gasteiger partial charge in [0.2, 0.25) is 0 Å². The summed E-state index contributed by atoms with van der Waals surface area (Å²) < 4.78 is 10.6. The largest absolute Gasteiger partial charge is 0.508 e. The molecule has 0 aromatic heterocycles. The van der Waals surface area contributed by atoms with E-state index in [9.17, 15) is 4.79 Å². The van der Waals surface area contributed by atoms with Crippen molar-refractivity contribution in [2.24, 2.45) is 11.3 Å². The molecule has 0 amide bonds. The summed E-state index contributed by atoms with van der Waals surface area (Å²) in [6, 6.07) is 0. The molecule has 1 unspecified atom stereocenters. The van der Waals surface area contributed by atoms with Crippen LogP contribution in [0.4, 0.5) is 4.79 Å². The lowest BCUT2D eigenvalue weighted by Crippen LogP contribution is -2.32. The fourth-order valence-corrected chi connectivity index (χ4v) is 2.66. The highest BCUT2D eigenvalue weighted by atomic mass is 16.7. The van der Waals surface area contributed by atoms with Crippen LogP contribution >= 0.6 is 0 Å². The third-order valence-corrected chi connectivity index (χ3v) is 4.83. The number of carbonyl (C=O) groups excluding carboxylic acids is 1. The second kappa shape index (κ2) is 7.16. The zero-order valence-corrected chi connectivity index (χ0v) is 13.2. The molecule has 19 heavy (non-hydrogen) atoms. The highest BCUT2D eigenvalue weighted by molar-refractivity contribution is 5.60. The molecule has 1 aliphatic carbocycles. The van der Waals surface area contributed by atoms with Crippen LogP contribution in [0.2, 0.25) is 0 Å². The van der Waals surface area contributed by atoms with Crippen molar-refractivity contribution < 1.29 is 14.3 Å². The van der Waals surface area contributed by atoms with Gasteiger partial charge in [0.1, 0.15) is 12.2 Å². The van der Waals surface area contributed by atoms with E-state index in [1.807, 2.05) is 13.8 Å². The van der Waals surface area contributed by atoms with E-state index in [1.54, 1.807) is 0 Å². The number of carbonyl (C=O) groups is 1. The molecule has 3 nitrogen and oxygen atoms in total. The lowest BCUT2D eigenvalue weighted by Gasteiger charge is -2.38. The van der Waals surface area contributed by atoms with Gasteiger partial charge in [0.25, 0.3) is 0 Å². The van der Waals surface area contributed by atoms with E-state index in [0.717, 1.165) is 38.0 Å². The minimum absolute atomic E-state index is 0.0529. The average molecular weight is 270 g/mol. The third-order valence-electron chi connectivity index (χ3n) is 4.83. The molecule has 0 aliphatic heterocycles. The maximum atomic E-state index is 11.6. The van der Waals surface area contributed by atoms with Crippen LogP contribution in [-0.4, -0.2) is 18.4 Å². The maximum absolute atomic E-state index is 11.6. The first-order valence-corrected chi connectivity index (χ1v) is 7.76. The number of rotatable bonds is 5. The zero-order chi connectivity index (χ0) is 14.5. The molecule has 0 aromatic rings. The molecule has 0 N–H and O–H groups in total. The Balaban J connectivity index is 2.32. The Kier molecular flexibility index (Phi) is 6.15. The second-order valence-electron chi connectivity index (χ2n) is 6.52. The molecule has 1 rings (SSSR count). The molecule has 112 valence electrons. The molecule has 1 atom stereocenters. The third kappa shape index (κ3) is 5.04. The molecule has 0 saturated heterocycles. The molecule has 1 aliphatic rings. The standard InChI is InChI=1S/C16H30O3/c1-6-12(3)18-15(17)19-14-10-8-13(9-11-14)16(4,5)7-2/h12-14H,6-11H2,1-5H3. The fraction of sp³-hybridized carbons (Fsp3) is 0.938. The predicted molar refractivity (Wildman–Crippen MR) is 77.1 cm³/mol. The van der Waals surface area contributed by atoms with Crippen LogP contribution in [0.1, 0.15) is 73.1 Å². The van der Waals surface area contributed by atoms with Crippen LogP contribution in [0.25, 0.3) is 0 Å². The quantitative estimate of drug-likeness (QED) is 0.664. The van der Waals surface area contributed by atoms with E-state index in [0.29, 0.717) is 5.41 Å². The minimum Gasteiger partial charge on any atom is -0.431 e. The van der Waals surface area contributed by atoms with Gasteiger partial charge in [0.15, 0.2) is 0 Å². The Morgan fingerprint density at radius 1 is 1.21 bits per heavy atom. The molecular formula is C16H30O3. The van der Waals surface area contributed by atoms with E-state index < -0.39 is 6.16 Å². The van der Waals surface area contributed by atoms with Gasteiger partial charge >= 0.3 is 6.16 Å². The molecule has 3 heteroatoms. The first-order chi connectivity index (χ1) is 8.89. The van der Waals surface area contributed by atoms with Crippen LogP contribution < -0.4 is 0 Å². The van der Waals surface area contributed by atoms with Crippen LogP contribution in [0.15, 0.2) is 0 Å². The molecular weight excluding hydrogens is 240 g/mol. The minimum atomic E-state index is -0.493. The van der Waals surface area contributed by atoms with Gasteiger partial charge in [-0.15, -0.1) is 0 Å². The first kappa shape index (κ1) is 16.3. The van der Waals surface area contributed by atoms with Gasteiger partial charge in [-0.05, 0) is 50.4 Å². The Bertz CT molecular complexity index is 278. The number of hydrogen-bond donors (Lipinski definition) is 0. The van der Waals surface area contributed by atoms with Gasteiger partial charge in [-0.2, -0.15) is 0 Å². The lowest BCUT2D eigenvalue weighted by molar-refractivity contribution is -0.0191. The van der Waals surface area contributed by atoms with E-state index in [1.165, 1.54) is 6.42 Å². The van der Waals surface area contributed by atoms with Crippen molar-refractivity contribution >= 4 is 6.16 Å². The van der Waals surface area contributed by atoms with Gasteiger partial charge in [-0.3, -0.25) is 0 Å². The van der Waals surface area contributed by atoms with Gasteiger partial charge in [-0.1, -0.05) is 34.1 Å². The van der Waals surface area contributed by atoms with E-state index in [2.05, 4.69) is 20.8 Å². The Morgan fingerprint density at radius 3 is 2.26 bits per heavy atom. The monoisotopic (exact) mass is 270 g/mol. The van der Waals surface area contributed by atoms with Crippen molar-refractivity contribution in [3.05, 3.63) is 0 Å². The van der Waals surface area contributed by atoms with E-state index in [-0.39, 0.29) is 12.2 Å². The summed E-state index contributed by atoms with van der Waals surface area (Å²) in [5.74, 6) is 0.753. The molecule has 1 saturated carbocycles.